The summed E-state index contributed by atoms with van der Waals surface area (Å²) in [6.07, 6.45) is 4.35. The number of nitrogens with zero attached hydrogens (tertiary/aromatic N) is 1. The monoisotopic (exact) mass is 154 g/mol. The van der Waals surface area contributed by atoms with Crippen molar-refractivity contribution in [3.8, 4) is 6.07 Å². The van der Waals surface area contributed by atoms with Gasteiger partial charge in [0.25, 0.3) is 0 Å². The van der Waals surface area contributed by atoms with E-state index in [1.54, 1.807) is 0 Å². The topological polar surface area (TPSA) is 59.0 Å². The van der Waals surface area contributed by atoms with E-state index >= 15 is 0 Å². The van der Waals surface area contributed by atoms with Crippen LogP contribution < -0.4 is 5.73 Å². The molecule has 0 spiro atoms. The van der Waals surface area contributed by atoms with E-state index in [1.165, 1.54) is 6.42 Å². The molecule has 0 aromatic carbocycles. The fraction of sp³-hybridized carbons (Fsp3) is 0.875. The lowest BCUT2D eigenvalue weighted by molar-refractivity contribution is 0.00997. The molecule has 3 nitrogen and oxygen atoms in total. The van der Waals surface area contributed by atoms with E-state index in [0.29, 0.717) is 6.42 Å². The van der Waals surface area contributed by atoms with Crippen molar-refractivity contribution < 1.29 is 4.74 Å². The summed E-state index contributed by atoms with van der Waals surface area (Å²) >= 11 is 0. The fourth-order valence-electron chi connectivity index (χ4n) is 1.33. The Morgan fingerprint density at radius 2 is 2.45 bits per heavy atom. The molecule has 1 aliphatic rings. The van der Waals surface area contributed by atoms with Gasteiger partial charge >= 0.3 is 0 Å². The molecule has 0 saturated carbocycles. The Bertz CT molecular complexity index is 147. The van der Waals surface area contributed by atoms with Crippen LogP contribution in [0.4, 0.5) is 0 Å². The average molecular weight is 154 g/mol. The summed E-state index contributed by atoms with van der Waals surface area (Å²) in [7, 11) is 0. The Kier molecular flexibility index (Phi) is 3.34. The highest BCUT2D eigenvalue weighted by Crippen LogP contribution is 2.16. The highest BCUT2D eigenvalue weighted by Gasteiger charge is 2.16. The van der Waals surface area contributed by atoms with Gasteiger partial charge in [-0.2, -0.15) is 5.26 Å². The number of rotatable bonds is 2. The van der Waals surface area contributed by atoms with E-state index in [1.807, 2.05) is 6.07 Å². The molecule has 0 aliphatic carbocycles. The van der Waals surface area contributed by atoms with Crippen LogP contribution in [0.5, 0.6) is 0 Å². The maximum absolute atomic E-state index is 8.43. The van der Waals surface area contributed by atoms with E-state index < -0.39 is 0 Å². The molecule has 2 N–H and O–H groups in total. The molecule has 11 heavy (non-hydrogen) atoms. The van der Waals surface area contributed by atoms with Crippen molar-refractivity contribution in [1.29, 1.82) is 5.26 Å². The number of hydrogen-bond donors (Lipinski definition) is 1. The van der Waals surface area contributed by atoms with Gasteiger partial charge in [0.05, 0.1) is 18.2 Å². The molecule has 1 aliphatic heterocycles. The summed E-state index contributed by atoms with van der Waals surface area (Å²) in [4.78, 5) is 0. The maximum atomic E-state index is 8.43. The molecule has 0 unspecified atom stereocenters. The molecule has 2 atom stereocenters. The average Bonchev–Trinajstić information content (AvgIpc) is 2.06. The first-order valence-corrected chi connectivity index (χ1v) is 4.09. The number of ether oxygens (including phenoxy) is 1. The molecule has 3 heteroatoms. The lowest BCUT2D eigenvalue weighted by Crippen LogP contribution is -2.28. The number of hydrogen-bond acceptors (Lipinski definition) is 3. The van der Waals surface area contributed by atoms with E-state index in [2.05, 4.69) is 0 Å². The molecular formula is C8H14N2O. The third-order valence-electron chi connectivity index (χ3n) is 1.96. The van der Waals surface area contributed by atoms with E-state index in [0.717, 1.165) is 19.4 Å². The minimum Gasteiger partial charge on any atom is -0.378 e. The van der Waals surface area contributed by atoms with E-state index in [-0.39, 0.29) is 12.1 Å². The van der Waals surface area contributed by atoms with Crippen LogP contribution in [0, 0.1) is 11.3 Å². The van der Waals surface area contributed by atoms with Crippen molar-refractivity contribution in [1.82, 2.24) is 0 Å². The molecule has 1 fully saturated rings. The first-order valence-electron chi connectivity index (χ1n) is 4.09. The summed E-state index contributed by atoms with van der Waals surface area (Å²) in [5.74, 6) is 0. The third kappa shape index (κ3) is 2.87. The van der Waals surface area contributed by atoms with Crippen LogP contribution in [-0.4, -0.2) is 18.8 Å². The van der Waals surface area contributed by atoms with Crippen molar-refractivity contribution >= 4 is 0 Å². The Hall–Kier alpha value is -0.590. The van der Waals surface area contributed by atoms with Crippen LogP contribution in [0.25, 0.3) is 0 Å². The summed E-state index contributed by atoms with van der Waals surface area (Å²) in [6, 6.07) is 1.66. The largest absolute Gasteiger partial charge is 0.378 e. The smallest absolute Gasteiger partial charge is 0.0952 e. The van der Waals surface area contributed by atoms with Gasteiger partial charge in [-0.25, -0.2) is 0 Å². The molecule has 62 valence electrons. The zero-order chi connectivity index (χ0) is 8.10. The molecule has 1 rings (SSSR count). The summed E-state index contributed by atoms with van der Waals surface area (Å²) in [6.45, 7) is 0.836. The van der Waals surface area contributed by atoms with Crippen molar-refractivity contribution in [2.45, 2.75) is 37.8 Å². The van der Waals surface area contributed by atoms with Gasteiger partial charge in [0.1, 0.15) is 0 Å². The standard InChI is InChI=1S/C8H14N2O/c9-6-7(10)5-8-3-1-2-4-11-8/h7-8H,1-5,10H2/t7-,8+/m1/s1. The molecular weight excluding hydrogens is 140 g/mol. The lowest BCUT2D eigenvalue weighted by Gasteiger charge is -2.22. The van der Waals surface area contributed by atoms with Crippen molar-refractivity contribution in [2.24, 2.45) is 5.73 Å². The Morgan fingerprint density at radius 3 is 3.00 bits per heavy atom. The Labute approximate surface area is 67.1 Å². The second-order valence-electron chi connectivity index (χ2n) is 2.96. The Morgan fingerprint density at radius 1 is 1.64 bits per heavy atom. The zero-order valence-electron chi connectivity index (χ0n) is 6.62. The molecule has 1 saturated heterocycles. The quantitative estimate of drug-likeness (QED) is 0.640. The van der Waals surface area contributed by atoms with E-state index in [4.69, 9.17) is 15.7 Å². The minimum atomic E-state index is -0.349. The number of nitrogens with two attached hydrogens (primary N) is 1. The van der Waals surface area contributed by atoms with Crippen molar-refractivity contribution in [3.63, 3.8) is 0 Å². The van der Waals surface area contributed by atoms with Crippen LogP contribution >= 0.6 is 0 Å². The predicted molar refractivity (Wildman–Crippen MR) is 41.8 cm³/mol. The summed E-state index contributed by atoms with van der Waals surface area (Å²) < 4.78 is 5.42. The van der Waals surface area contributed by atoms with Crippen LogP contribution in [0.2, 0.25) is 0 Å². The second-order valence-corrected chi connectivity index (χ2v) is 2.96. The molecule has 0 bridgehead atoms. The molecule has 0 aromatic heterocycles. The minimum absolute atomic E-state index is 0.235. The first-order chi connectivity index (χ1) is 5.33. The molecule has 0 amide bonds. The molecule has 1 heterocycles. The highest BCUT2D eigenvalue weighted by atomic mass is 16.5. The van der Waals surface area contributed by atoms with Gasteiger partial charge in [-0.05, 0) is 19.3 Å². The van der Waals surface area contributed by atoms with E-state index in [9.17, 15) is 0 Å². The molecule has 0 aromatic rings. The summed E-state index contributed by atoms with van der Waals surface area (Å²) in [5, 5.41) is 8.43. The van der Waals surface area contributed by atoms with Gasteiger partial charge in [0, 0.05) is 13.0 Å². The fourth-order valence-corrected chi connectivity index (χ4v) is 1.33. The maximum Gasteiger partial charge on any atom is 0.0952 e. The van der Waals surface area contributed by atoms with Crippen LogP contribution in [-0.2, 0) is 4.74 Å². The van der Waals surface area contributed by atoms with Gasteiger partial charge in [-0.15, -0.1) is 0 Å². The van der Waals surface area contributed by atoms with Crippen LogP contribution in [0.15, 0.2) is 0 Å². The summed E-state index contributed by atoms with van der Waals surface area (Å²) in [5.41, 5.74) is 5.46. The van der Waals surface area contributed by atoms with Crippen LogP contribution in [0.1, 0.15) is 25.7 Å². The molecule has 0 radical (unpaired) electrons. The van der Waals surface area contributed by atoms with Crippen molar-refractivity contribution in [2.75, 3.05) is 6.61 Å². The lowest BCUT2D eigenvalue weighted by atomic mass is 10.0. The van der Waals surface area contributed by atoms with Crippen LogP contribution in [0.3, 0.4) is 0 Å². The second kappa shape index (κ2) is 4.32. The van der Waals surface area contributed by atoms with Gasteiger partial charge in [0.2, 0.25) is 0 Å². The van der Waals surface area contributed by atoms with Gasteiger partial charge < -0.3 is 10.5 Å². The zero-order valence-corrected chi connectivity index (χ0v) is 6.62. The number of nitriles is 1. The normalized spacial score (nSPS) is 27.5. The SMILES string of the molecule is N#C[C@H](N)C[C@@H]1CCCCO1. The Balaban J connectivity index is 2.20. The third-order valence-corrected chi connectivity index (χ3v) is 1.96. The van der Waals surface area contributed by atoms with Gasteiger partial charge in [-0.3, -0.25) is 0 Å². The highest BCUT2D eigenvalue weighted by molar-refractivity contribution is 4.88. The van der Waals surface area contributed by atoms with Gasteiger partial charge in [-0.1, -0.05) is 0 Å². The first kappa shape index (κ1) is 8.51. The van der Waals surface area contributed by atoms with Crippen molar-refractivity contribution in [3.05, 3.63) is 0 Å². The van der Waals surface area contributed by atoms with Gasteiger partial charge in [0.15, 0.2) is 0 Å². The predicted octanol–water partition coefficient (Wildman–Crippen LogP) is 0.796.